The zero-order chi connectivity index (χ0) is 14.0. The van der Waals surface area contributed by atoms with Crippen molar-refractivity contribution in [3.63, 3.8) is 0 Å². The number of morpholine rings is 1. The summed E-state index contributed by atoms with van der Waals surface area (Å²) in [5.41, 5.74) is -0.796. The maximum absolute atomic E-state index is 12.5. The van der Waals surface area contributed by atoms with Crippen molar-refractivity contribution in [2.24, 2.45) is 5.41 Å². The molecule has 6 nitrogen and oxygen atoms in total. The number of amides is 2. The van der Waals surface area contributed by atoms with E-state index < -0.39 is 5.41 Å². The number of rotatable bonds is 4. The van der Waals surface area contributed by atoms with Gasteiger partial charge in [0.05, 0.1) is 19.3 Å². The van der Waals surface area contributed by atoms with Crippen molar-refractivity contribution in [1.82, 2.24) is 10.2 Å². The van der Waals surface area contributed by atoms with Gasteiger partial charge in [0.15, 0.2) is 0 Å². The van der Waals surface area contributed by atoms with E-state index in [0.717, 1.165) is 19.4 Å². The Bertz CT molecular complexity index is 383. The van der Waals surface area contributed by atoms with E-state index in [1.54, 1.807) is 4.90 Å². The molecular formula is C14H22N2O4. The van der Waals surface area contributed by atoms with Crippen molar-refractivity contribution >= 4 is 11.8 Å². The number of carbonyl (C=O) groups excluding carboxylic acids is 2. The van der Waals surface area contributed by atoms with E-state index >= 15 is 0 Å². The van der Waals surface area contributed by atoms with Gasteiger partial charge in [-0.2, -0.15) is 0 Å². The van der Waals surface area contributed by atoms with E-state index in [-0.39, 0.29) is 17.9 Å². The number of hydrogen-bond acceptors (Lipinski definition) is 4. The van der Waals surface area contributed by atoms with Crippen LogP contribution in [0.3, 0.4) is 0 Å². The van der Waals surface area contributed by atoms with E-state index in [4.69, 9.17) is 9.47 Å². The van der Waals surface area contributed by atoms with Gasteiger partial charge in [-0.15, -0.1) is 0 Å². The molecule has 1 unspecified atom stereocenters. The van der Waals surface area contributed by atoms with Crippen molar-refractivity contribution < 1.29 is 19.1 Å². The second-order valence-electron chi connectivity index (χ2n) is 5.83. The zero-order valence-electron chi connectivity index (χ0n) is 11.7. The number of nitrogens with zero attached hydrogens (tertiary/aromatic N) is 1. The summed E-state index contributed by atoms with van der Waals surface area (Å²) in [7, 11) is 0. The smallest absolute Gasteiger partial charge is 0.238 e. The van der Waals surface area contributed by atoms with Gasteiger partial charge in [0.1, 0.15) is 5.41 Å². The van der Waals surface area contributed by atoms with Crippen LogP contribution in [0.5, 0.6) is 0 Å². The monoisotopic (exact) mass is 282 g/mol. The first kappa shape index (κ1) is 13.8. The van der Waals surface area contributed by atoms with Crippen LogP contribution in [0.4, 0.5) is 0 Å². The minimum Gasteiger partial charge on any atom is -0.378 e. The normalized spacial score (nSPS) is 28.2. The number of hydrogen-bond donors (Lipinski definition) is 1. The van der Waals surface area contributed by atoms with Crippen LogP contribution < -0.4 is 5.32 Å². The first-order valence-electron chi connectivity index (χ1n) is 7.49. The fraction of sp³-hybridized carbons (Fsp3) is 0.857. The van der Waals surface area contributed by atoms with Crippen LogP contribution in [0.25, 0.3) is 0 Å². The van der Waals surface area contributed by atoms with Crippen LogP contribution in [0.15, 0.2) is 0 Å². The Morgan fingerprint density at radius 1 is 1.20 bits per heavy atom. The highest BCUT2D eigenvalue weighted by molar-refractivity contribution is 6.07. The number of carbonyl (C=O) groups is 2. The molecule has 112 valence electrons. The van der Waals surface area contributed by atoms with Crippen molar-refractivity contribution in [2.45, 2.75) is 31.8 Å². The van der Waals surface area contributed by atoms with Crippen LogP contribution >= 0.6 is 0 Å². The highest BCUT2D eigenvalue weighted by Gasteiger charge is 2.58. The van der Waals surface area contributed by atoms with Crippen molar-refractivity contribution in [2.75, 3.05) is 39.5 Å². The minimum absolute atomic E-state index is 0.0226. The van der Waals surface area contributed by atoms with Crippen LogP contribution in [0.1, 0.15) is 25.7 Å². The molecule has 2 aliphatic heterocycles. The highest BCUT2D eigenvalue weighted by Crippen LogP contribution is 2.47. The highest BCUT2D eigenvalue weighted by atomic mass is 16.5. The standard InChI is InChI=1S/C14H22N2O4/c17-12(15-10-11-2-1-7-20-11)14(3-4-14)13(18)16-5-8-19-9-6-16/h11H,1-10H2,(H,15,17). The molecule has 2 saturated heterocycles. The van der Waals surface area contributed by atoms with Gasteiger partial charge >= 0.3 is 0 Å². The minimum atomic E-state index is -0.796. The van der Waals surface area contributed by atoms with E-state index in [1.807, 2.05) is 0 Å². The van der Waals surface area contributed by atoms with Crippen LogP contribution in [-0.4, -0.2) is 62.3 Å². The molecule has 0 radical (unpaired) electrons. The molecule has 3 fully saturated rings. The second kappa shape index (κ2) is 5.69. The zero-order valence-corrected chi connectivity index (χ0v) is 11.7. The molecule has 1 aliphatic carbocycles. The Balaban J connectivity index is 1.53. The Hall–Kier alpha value is -1.14. The third kappa shape index (κ3) is 2.67. The lowest BCUT2D eigenvalue weighted by Crippen LogP contribution is -2.49. The molecule has 1 saturated carbocycles. The summed E-state index contributed by atoms with van der Waals surface area (Å²) in [6.45, 7) is 3.63. The first-order valence-corrected chi connectivity index (χ1v) is 7.49. The predicted octanol–water partition coefficient (Wildman–Crippen LogP) is -0.0794. The average Bonchev–Trinajstić information content (AvgIpc) is 3.14. The van der Waals surface area contributed by atoms with Crippen LogP contribution in [0.2, 0.25) is 0 Å². The maximum Gasteiger partial charge on any atom is 0.238 e. The largest absolute Gasteiger partial charge is 0.378 e. The van der Waals surface area contributed by atoms with Crippen LogP contribution in [0, 0.1) is 5.41 Å². The summed E-state index contributed by atoms with van der Waals surface area (Å²) in [5.74, 6) is -0.143. The third-order valence-electron chi connectivity index (χ3n) is 4.41. The second-order valence-corrected chi connectivity index (χ2v) is 5.83. The van der Waals surface area contributed by atoms with Gasteiger partial charge in [0.2, 0.25) is 11.8 Å². The fourth-order valence-electron chi connectivity index (χ4n) is 2.91. The Morgan fingerprint density at radius 3 is 2.55 bits per heavy atom. The lowest BCUT2D eigenvalue weighted by atomic mass is 10.0. The van der Waals surface area contributed by atoms with Gasteiger partial charge in [0, 0.05) is 26.2 Å². The fourth-order valence-corrected chi connectivity index (χ4v) is 2.91. The van der Waals surface area contributed by atoms with Gasteiger partial charge in [-0.3, -0.25) is 9.59 Å². The summed E-state index contributed by atoms with van der Waals surface area (Å²) in [6.07, 6.45) is 3.50. The Morgan fingerprint density at radius 2 is 1.95 bits per heavy atom. The van der Waals surface area contributed by atoms with E-state index in [0.29, 0.717) is 45.7 Å². The number of ether oxygens (including phenoxy) is 2. The van der Waals surface area contributed by atoms with E-state index in [9.17, 15) is 9.59 Å². The lowest BCUT2D eigenvalue weighted by molar-refractivity contribution is -0.147. The molecule has 3 aliphatic rings. The summed E-state index contributed by atoms with van der Waals surface area (Å²) in [4.78, 5) is 26.6. The van der Waals surface area contributed by atoms with Gasteiger partial charge in [-0.05, 0) is 25.7 Å². The molecule has 1 N–H and O–H groups in total. The van der Waals surface area contributed by atoms with Crippen LogP contribution in [-0.2, 0) is 19.1 Å². The Labute approximate surface area is 118 Å². The van der Waals surface area contributed by atoms with Gasteiger partial charge in [-0.25, -0.2) is 0 Å². The molecule has 0 bridgehead atoms. The topological polar surface area (TPSA) is 67.9 Å². The summed E-state index contributed by atoms with van der Waals surface area (Å²) >= 11 is 0. The maximum atomic E-state index is 12.5. The molecule has 6 heteroatoms. The van der Waals surface area contributed by atoms with Gasteiger partial charge < -0.3 is 19.7 Å². The molecule has 3 rings (SSSR count). The molecule has 0 aromatic heterocycles. The van der Waals surface area contributed by atoms with Crippen molar-refractivity contribution in [3.8, 4) is 0 Å². The lowest BCUT2D eigenvalue weighted by Gasteiger charge is -2.30. The summed E-state index contributed by atoms with van der Waals surface area (Å²) < 4.78 is 10.7. The van der Waals surface area contributed by atoms with Gasteiger partial charge in [-0.1, -0.05) is 0 Å². The summed E-state index contributed by atoms with van der Waals surface area (Å²) in [5, 5.41) is 2.90. The Kier molecular flexibility index (Phi) is 3.94. The molecular weight excluding hydrogens is 260 g/mol. The average molecular weight is 282 g/mol. The molecule has 2 amide bonds. The first-order chi connectivity index (χ1) is 9.72. The molecule has 20 heavy (non-hydrogen) atoms. The molecule has 1 atom stereocenters. The van der Waals surface area contributed by atoms with Crippen molar-refractivity contribution in [1.29, 1.82) is 0 Å². The van der Waals surface area contributed by atoms with E-state index in [2.05, 4.69) is 5.32 Å². The molecule has 0 aromatic rings. The van der Waals surface area contributed by atoms with Crippen molar-refractivity contribution in [3.05, 3.63) is 0 Å². The molecule has 0 spiro atoms. The van der Waals surface area contributed by atoms with Gasteiger partial charge in [0.25, 0.3) is 0 Å². The quantitative estimate of drug-likeness (QED) is 0.732. The SMILES string of the molecule is O=C(NCC1CCCO1)C1(C(=O)N2CCOCC2)CC1. The third-order valence-corrected chi connectivity index (χ3v) is 4.41. The summed E-state index contributed by atoms with van der Waals surface area (Å²) in [6, 6.07) is 0. The molecule has 2 heterocycles. The molecule has 0 aromatic carbocycles. The predicted molar refractivity (Wildman–Crippen MR) is 71.0 cm³/mol. The number of nitrogens with one attached hydrogen (secondary N) is 1. The van der Waals surface area contributed by atoms with E-state index in [1.165, 1.54) is 0 Å².